The highest BCUT2D eigenvalue weighted by Crippen LogP contribution is 2.34. The van der Waals surface area contributed by atoms with E-state index in [0.29, 0.717) is 12.8 Å². The molecular formula is C16H18ClN2O2+. The van der Waals surface area contributed by atoms with Gasteiger partial charge >= 0.3 is 0 Å². The van der Waals surface area contributed by atoms with Gasteiger partial charge in [-0.3, -0.25) is 9.88 Å². The van der Waals surface area contributed by atoms with Crippen LogP contribution >= 0.6 is 11.6 Å². The number of pyridine rings is 1. The van der Waals surface area contributed by atoms with E-state index in [-0.39, 0.29) is 0 Å². The van der Waals surface area contributed by atoms with Gasteiger partial charge in [0.15, 0.2) is 5.75 Å². The zero-order valence-electron chi connectivity index (χ0n) is 11.8. The van der Waals surface area contributed by atoms with Crippen molar-refractivity contribution < 1.29 is 14.4 Å². The first kappa shape index (κ1) is 13.3. The quantitative estimate of drug-likeness (QED) is 0.919. The molecule has 4 rings (SSSR count). The summed E-state index contributed by atoms with van der Waals surface area (Å²) in [5, 5.41) is 1.71. The van der Waals surface area contributed by atoms with Crippen molar-refractivity contribution in [1.82, 2.24) is 4.98 Å². The summed E-state index contributed by atoms with van der Waals surface area (Å²) >= 11 is 6.38. The summed E-state index contributed by atoms with van der Waals surface area (Å²) in [6, 6.07) is 5.91. The standard InChI is InChI=1S/C16H17ClN2O2/c17-14-7-11-8-19(9-12-3-2-6-20-12)10-21-16(11)15-13(14)4-1-5-18-15/h1,4-5,7,12H,2-3,6,8-10H2/p+1/t12-/m1/s1. The van der Waals surface area contributed by atoms with Crippen molar-refractivity contribution in [2.24, 2.45) is 0 Å². The van der Waals surface area contributed by atoms with Gasteiger partial charge in [0.05, 0.1) is 10.6 Å². The van der Waals surface area contributed by atoms with E-state index in [1.807, 2.05) is 18.2 Å². The molecule has 3 heterocycles. The maximum atomic E-state index is 6.38. The summed E-state index contributed by atoms with van der Waals surface area (Å²) in [7, 11) is 0. The summed E-state index contributed by atoms with van der Waals surface area (Å²) < 4.78 is 11.7. The van der Waals surface area contributed by atoms with Gasteiger partial charge in [-0.25, -0.2) is 0 Å². The lowest BCUT2D eigenvalue weighted by Crippen LogP contribution is -3.13. The lowest BCUT2D eigenvalue weighted by molar-refractivity contribution is -0.935. The van der Waals surface area contributed by atoms with E-state index in [1.165, 1.54) is 11.3 Å². The number of halogens is 1. The van der Waals surface area contributed by atoms with Crippen LogP contribution in [0.15, 0.2) is 24.4 Å². The predicted octanol–water partition coefficient (Wildman–Crippen LogP) is 1.80. The SMILES string of the molecule is Clc1cc2c(c3ncccc13)OC[NH+](C[C@H]1CCCO1)C2. The Kier molecular flexibility index (Phi) is 3.45. The molecule has 0 radical (unpaired) electrons. The van der Waals surface area contributed by atoms with Gasteiger partial charge in [-0.15, -0.1) is 0 Å². The first-order valence-corrected chi connectivity index (χ1v) is 7.83. The Morgan fingerprint density at radius 1 is 1.43 bits per heavy atom. The number of hydrogen-bond acceptors (Lipinski definition) is 3. The van der Waals surface area contributed by atoms with Crippen LogP contribution in [-0.2, 0) is 11.3 Å². The lowest BCUT2D eigenvalue weighted by Gasteiger charge is -2.28. The van der Waals surface area contributed by atoms with Crippen molar-refractivity contribution >= 4 is 22.5 Å². The molecular weight excluding hydrogens is 288 g/mol. The summed E-state index contributed by atoms with van der Waals surface area (Å²) in [6.07, 6.45) is 4.50. The van der Waals surface area contributed by atoms with E-state index >= 15 is 0 Å². The van der Waals surface area contributed by atoms with Gasteiger partial charge in [0, 0.05) is 18.2 Å². The Labute approximate surface area is 128 Å². The third-order valence-electron chi connectivity index (χ3n) is 4.27. The Hall–Kier alpha value is -1.36. The van der Waals surface area contributed by atoms with Gasteiger partial charge < -0.3 is 9.47 Å². The molecule has 5 heteroatoms. The number of nitrogens with one attached hydrogen (secondary N) is 1. The summed E-state index contributed by atoms with van der Waals surface area (Å²) in [5.74, 6) is 0.895. The number of ether oxygens (including phenoxy) is 2. The van der Waals surface area contributed by atoms with Crippen molar-refractivity contribution in [3.63, 3.8) is 0 Å². The average molecular weight is 306 g/mol. The Balaban J connectivity index is 1.63. The molecule has 1 fully saturated rings. The smallest absolute Gasteiger partial charge is 0.222 e. The van der Waals surface area contributed by atoms with Crippen molar-refractivity contribution in [2.75, 3.05) is 19.9 Å². The van der Waals surface area contributed by atoms with Crippen LogP contribution in [0, 0.1) is 0 Å². The second-order valence-corrected chi connectivity index (χ2v) is 6.21. The second kappa shape index (κ2) is 5.44. The van der Waals surface area contributed by atoms with E-state index < -0.39 is 0 Å². The van der Waals surface area contributed by atoms with Crippen LogP contribution in [0.3, 0.4) is 0 Å². The molecule has 0 spiro atoms. The number of hydrogen-bond donors (Lipinski definition) is 1. The monoisotopic (exact) mass is 305 g/mol. The third-order valence-corrected chi connectivity index (χ3v) is 4.59. The molecule has 0 bridgehead atoms. The summed E-state index contributed by atoms with van der Waals surface area (Å²) in [5.41, 5.74) is 2.02. The minimum Gasteiger partial charge on any atom is -0.443 e. The van der Waals surface area contributed by atoms with Crippen LogP contribution in [0.5, 0.6) is 5.75 Å². The second-order valence-electron chi connectivity index (χ2n) is 5.80. The molecule has 2 aromatic rings. The Morgan fingerprint density at radius 2 is 2.38 bits per heavy atom. The minimum absolute atomic E-state index is 0.374. The zero-order valence-corrected chi connectivity index (χ0v) is 12.5. The highest BCUT2D eigenvalue weighted by Gasteiger charge is 2.28. The van der Waals surface area contributed by atoms with Crippen molar-refractivity contribution in [2.45, 2.75) is 25.5 Å². The highest BCUT2D eigenvalue weighted by molar-refractivity contribution is 6.35. The van der Waals surface area contributed by atoms with Gasteiger partial charge in [-0.2, -0.15) is 0 Å². The van der Waals surface area contributed by atoms with Crippen LogP contribution < -0.4 is 9.64 Å². The van der Waals surface area contributed by atoms with Crippen LogP contribution in [0.4, 0.5) is 0 Å². The number of aromatic nitrogens is 1. The van der Waals surface area contributed by atoms with Crippen LogP contribution in [0.2, 0.25) is 5.02 Å². The van der Waals surface area contributed by atoms with E-state index in [4.69, 9.17) is 21.1 Å². The molecule has 2 atom stereocenters. The molecule has 2 aliphatic heterocycles. The van der Waals surface area contributed by atoms with E-state index in [9.17, 15) is 0 Å². The van der Waals surface area contributed by atoms with Crippen LogP contribution in [0.1, 0.15) is 18.4 Å². The fraction of sp³-hybridized carbons (Fsp3) is 0.438. The first-order valence-electron chi connectivity index (χ1n) is 7.45. The van der Waals surface area contributed by atoms with Gasteiger partial charge in [-0.05, 0) is 31.0 Å². The molecule has 2 aliphatic rings. The van der Waals surface area contributed by atoms with E-state index in [0.717, 1.165) is 53.4 Å². The Morgan fingerprint density at radius 3 is 3.24 bits per heavy atom. The average Bonchev–Trinajstić information content (AvgIpc) is 3.00. The van der Waals surface area contributed by atoms with Gasteiger partial charge in [0.2, 0.25) is 6.73 Å². The topological polar surface area (TPSA) is 35.8 Å². The molecule has 1 saturated heterocycles. The Bertz CT molecular complexity index is 671. The van der Waals surface area contributed by atoms with Crippen molar-refractivity contribution in [3.8, 4) is 5.75 Å². The molecule has 110 valence electrons. The molecule has 1 aromatic heterocycles. The lowest BCUT2D eigenvalue weighted by atomic mass is 10.1. The molecule has 0 saturated carbocycles. The molecule has 0 amide bonds. The van der Waals surface area contributed by atoms with Gasteiger partial charge in [-0.1, -0.05) is 11.6 Å². The molecule has 1 aromatic carbocycles. The minimum atomic E-state index is 0.374. The van der Waals surface area contributed by atoms with Crippen molar-refractivity contribution in [3.05, 3.63) is 35.0 Å². The van der Waals surface area contributed by atoms with Gasteiger partial charge in [0.1, 0.15) is 24.7 Å². The molecule has 4 nitrogen and oxygen atoms in total. The molecule has 1 unspecified atom stereocenters. The maximum Gasteiger partial charge on any atom is 0.222 e. The first-order chi connectivity index (χ1) is 10.3. The number of rotatable bonds is 2. The van der Waals surface area contributed by atoms with Gasteiger partial charge in [0.25, 0.3) is 0 Å². The molecule has 21 heavy (non-hydrogen) atoms. The molecule has 1 N–H and O–H groups in total. The fourth-order valence-corrected chi connectivity index (χ4v) is 3.56. The fourth-order valence-electron chi connectivity index (χ4n) is 3.27. The predicted molar refractivity (Wildman–Crippen MR) is 80.8 cm³/mol. The molecule has 0 aliphatic carbocycles. The highest BCUT2D eigenvalue weighted by atomic mass is 35.5. The maximum absolute atomic E-state index is 6.38. The summed E-state index contributed by atoms with van der Waals surface area (Å²) in [4.78, 5) is 5.83. The van der Waals surface area contributed by atoms with Crippen LogP contribution in [-0.4, -0.2) is 31.0 Å². The summed E-state index contributed by atoms with van der Waals surface area (Å²) in [6.45, 7) is 3.48. The zero-order chi connectivity index (χ0) is 14.2. The normalized spacial score (nSPS) is 24.8. The number of benzene rings is 1. The van der Waals surface area contributed by atoms with E-state index in [2.05, 4.69) is 4.98 Å². The number of nitrogens with zero attached hydrogens (tertiary/aromatic N) is 1. The van der Waals surface area contributed by atoms with Crippen LogP contribution in [0.25, 0.3) is 10.9 Å². The largest absolute Gasteiger partial charge is 0.443 e. The van der Waals surface area contributed by atoms with Crippen molar-refractivity contribution in [1.29, 1.82) is 0 Å². The van der Waals surface area contributed by atoms with E-state index in [1.54, 1.807) is 6.20 Å². The number of fused-ring (bicyclic) bond motifs is 3. The third kappa shape index (κ3) is 2.48. The number of quaternary nitrogens is 1.